The van der Waals surface area contributed by atoms with Crippen LogP contribution in [0.3, 0.4) is 0 Å². The fourth-order valence-corrected chi connectivity index (χ4v) is 4.23. The van der Waals surface area contributed by atoms with Crippen molar-refractivity contribution < 1.29 is 10.2 Å². The van der Waals surface area contributed by atoms with Crippen molar-refractivity contribution in [3.63, 3.8) is 0 Å². The number of phenolic OH excluding ortho intramolecular Hbond substituents is 2. The summed E-state index contributed by atoms with van der Waals surface area (Å²) in [6, 6.07) is 18.8. The fraction of sp³-hybridized carbons (Fsp3) is 0.0400. The minimum absolute atomic E-state index is 0.0497. The van der Waals surface area contributed by atoms with Crippen LogP contribution in [0.5, 0.6) is 11.5 Å². The van der Waals surface area contributed by atoms with Crippen LogP contribution in [0, 0.1) is 0 Å². The van der Waals surface area contributed by atoms with Gasteiger partial charge in [0, 0.05) is 0 Å². The summed E-state index contributed by atoms with van der Waals surface area (Å²) in [5, 5.41) is 22.2. The molecule has 2 aliphatic carbocycles. The van der Waals surface area contributed by atoms with Gasteiger partial charge in [-0.25, -0.2) is 0 Å². The van der Waals surface area contributed by atoms with Gasteiger partial charge in [-0.1, -0.05) is 54.6 Å². The van der Waals surface area contributed by atoms with Crippen molar-refractivity contribution in [1.82, 2.24) is 0 Å². The van der Waals surface area contributed by atoms with Crippen LogP contribution in [-0.2, 0) is 5.41 Å². The van der Waals surface area contributed by atoms with Gasteiger partial charge >= 0.3 is 0 Å². The zero-order chi connectivity index (χ0) is 20.2. The van der Waals surface area contributed by atoms with E-state index in [4.69, 9.17) is 11.5 Å². The summed E-state index contributed by atoms with van der Waals surface area (Å²) in [5.74, 6) is 0.0993. The summed E-state index contributed by atoms with van der Waals surface area (Å²) in [6.07, 6.45) is 8.62. The lowest BCUT2D eigenvalue weighted by atomic mass is 9.70. The van der Waals surface area contributed by atoms with Crippen molar-refractivity contribution in [2.24, 2.45) is 0 Å². The van der Waals surface area contributed by atoms with E-state index in [-0.39, 0.29) is 11.5 Å². The van der Waals surface area contributed by atoms with Crippen molar-refractivity contribution >= 4 is 23.0 Å². The molecule has 3 aromatic rings. The molecule has 4 heteroatoms. The Morgan fingerprint density at radius 1 is 0.759 bits per heavy atom. The molecule has 29 heavy (non-hydrogen) atoms. The number of nitrogen functional groups attached to an aromatic ring is 2. The molecule has 0 aliphatic heterocycles. The van der Waals surface area contributed by atoms with Crippen molar-refractivity contribution in [1.29, 1.82) is 0 Å². The standard InChI is InChI=1S/C25H20N2O2/c26-21-12-17(5-7-23(21)28)25(18-6-8-24(29)22(27)13-18)10-9-20-16(14-25)11-15-3-1-2-4-19(15)20/h1-14,28-29H,26-27H2. The molecular formula is C25H20N2O2. The van der Waals surface area contributed by atoms with Crippen molar-refractivity contribution in [3.05, 3.63) is 106 Å². The van der Waals surface area contributed by atoms with Crippen LogP contribution in [0.4, 0.5) is 11.4 Å². The van der Waals surface area contributed by atoms with Gasteiger partial charge < -0.3 is 21.7 Å². The third kappa shape index (κ3) is 2.53. The lowest BCUT2D eigenvalue weighted by molar-refractivity contribution is 0.477. The molecule has 5 rings (SSSR count). The van der Waals surface area contributed by atoms with Gasteiger partial charge in [0.15, 0.2) is 0 Å². The molecule has 2 aliphatic rings. The SMILES string of the molecule is Nc1cc(C2(c3ccc(O)c(N)c3)C=CC3=c4ccccc4=CC3=C2)ccc1O. The third-order valence-corrected chi connectivity index (χ3v) is 5.78. The van der Waals surface area contributed by atoms with Crippen LogP contribution >= 0.6 is 0 Å². The van der Waals surface area contributed by atoms with Crippen LogP contribution in [-0.4, -0.2) is 10.2 Å². The highest BCUT2D eigenvalue weighted by molar-refractivity contribution is 5.90. The fourth-order valence-electron chi connectivity index (χ4n) is 4.23. The lowest BCUT2D eigenvalue weighted by Crippen LogP contribution is -2.26. The number of anilines is 2. The smallest absolute Gasteiger partial charge is 0.138 e. The summed E-state index contributed by atoms with van der Waals surface area (Å²) in [7, 11) is 0. The van der Waals surface area contributed by atoms with Gasteiger partial charge in [-0.3, -0.25) is 0 Å². The van der Waals surface area contributed by atoms with Crippen molar-refractivity contribution in [2.45, 2.75) is 5.41 Å². The number of nitrogens with two attached hydrogens (primary N) is 2. The number of aromatic hydroxyl groups is 2. The average Bonchev–Trinajstić information content (AvgIpc) is 3.09. The minimum atomic E-state index is -0.638. The van der Waals surface area contributed by atoms with Crippen LogP contribution in [0.15, 0.2) is 84.5 Å². The number of fused-ring (bicyclic) bond motifs is 2. The predicted octanol–water partition coefficient (Wildman–Crippen LogP) is 2.69. The van der Waals surface area contributed by atoms with Gasteiger partial charge in [-0.2, -0.15) is 0 Å². The first-order valence-electron chi connectivity index (χ1n) is 9.39. The van der Waals surface area contributed by atoms with E-state index in [0.29, 0.717) is 11.4 Å². The molecule has 0 unspecified atom stereocenters. The van der Waals surface area contributed by atoms with E-state index in [2.05, 4.69) is 36.4 Å². The Balaban J connectivity index is 1.80. The number of hydrogen-bond donors (Lipinski definition) is 4. The molecule has 142 valence electrons. The van der Waals surface area contributed by atoms with Crippen molar-refractivity contribution in [2.75, 3.05) is 11.5 Å². The molecule has 0 fully saturated rings. The van der Waals surface area contributed by atoms with Gasteiger partial charge in [-0.05, 0) is 63.1 Å². The lowest BCUT2D eigenvalue weighted by Gasteiger charge is -2.33. The first-order valence-corrected chi connectivity index (χ1v) is 9.39. The number of phenols is 2. The van der Waals surface area contributed by atoms with E-state index in [1.165, 1.54) is 16.0 Å². The molecule has 0 spiro atoms. The summed E-state index contributed by atoms with van der Waals surface area (Å²) < 4.78 is 0. The van der Waals surface area contributed by atoms with E-state index in [1.54, 1.807) is 24.3 Å². The maximum atomic E-state index is 9.92. The minimum Gasteiger partial charge on any atom is -0.506 e. The highest BCUT2D eigenvalue weighted by Gasteiger charge is 2.34. The zero-order valence-electron chi connectivity index (χ0n) is 15.6. The Bertz CT molecular complexity index is 1300. The Hall–Kier alpha value is -3.92. The number of allylic oxidation sites excluding steroid dienone is 4. The van der Waals surface area contributed by atoms with E-state index in [9.17, 15) is 10.2 Å². The molecule has 4 nitrogen and oxygen atoms in total. The van der Waals surface area contributed by atoms with Crippen LogP contribution in [0.25, 0.3) is 11.6 Å². The molecule has 3 aromatic carbocycles. The number of rotatable bonds is 2. The highest BCUT2D eigenvalue weighted by atomic mass is 16.3. The molecule has 0 amide bonds. The maximum Gasteiger partial charge on any atom is 0.138 e. The Morgan fingerprint density at radius 2 is 1.38 bits per heavy atom. The molecule has 0 saturated carbocycles. The zero-order valence-corrected chi connectivity index (χ0v) is 15.6. The first kappa shape index (κ1) is 17.2. The second-order valence-electron chi connectivity index (χ2n) is 7.49. The van der Waals surface area contributed by atoms with Gasteiger partial charge in [0.1, 0.15) is 11.5 Å². The predicted molar refractivity (Wildman–Crippen MR) is 117 cm³/mol. The van der Waals surface area contributed by atoms with E-state index < -0.39 is 5.41 Å². The molecule has 0 aromatic heterocycles. The quantitative estimate of drug-likeness (QED) is 0.406. The normalized spacial score (nSPS) is 16.0. The van der Waals surface area contributed by atoms with Gasteiger partial charge in [0.25, 0.3) is 0 Å². The van der Waals surface area contributed by atoms with Gasteiger partial charge in [0.2, 0.25) is 0 Å². The number of hydrogen-bond acceptors (Lipinski definition) is 4. The van der Waals surface area contributed by atoms with Crippen molar-refractivity contribution in [3.8, 4) is 11.5 Å². The van der Waals surface area contributed by atoms with Crippen LogP contribution < -0.4 is 21.9 Å². The van der Waals surface area contributed by atoms with Crippen LogP contribution in [0.1, 0.15) is 11.1 Å². The van der Waals surface area contributed by atoms with E-state index in [1.807, 2.05) is 24.3 Å². The molecule has 0 saturated heterocycles. The molecule has 0 bridgehead atoms. The highest BCUT2D eigenvalue weighted by Crippen LogP contribution is 2.44. The molecule has 0 atom stereocenters. The third-order valence-electron chi connectivity index (χ3n) is 5.78. The number of benzene rings is 3. The Labute approximate surface area is 168 Å². The molecule has 0 heterocycles. The summed E-state index contributed by atoms with van der Waals surface area (Å²) in [6.45, 7) is 0. The molecule has 0 radical (unpaired) electrons. The average molecular weight is 380 g/mol. The largest absolute Gasteiger partial charge is 0.506 e. The first-order chi connectivity index (χ1) is 14.0. The summed E-state index contributed by atoms with van der Waals surface area (Å²) >= 11 is 0. The van der Waals surface area contributed by atoms with E-state index in [0.717, 1.165) is 16.7 Å². The Morgan fingerprint density at radius 3 is 2.00 bits per heavy atom. The summed E-state index contributed by atoms with van der Waals surface area (Å²) in [4.78, 5) is 0. The monoisotopic (exact) mass is 380 g/mol. The van der Waals surface area contributed by atoms with Gasteiger partial charge in [-0.15, -0.1) is 0 Å². The Kier molecular flexibility index (Phi) is 3.58. The van der Waals surface area contributed by atoms with E-state index >= 15 is 0 Å². The van der Waals surface area contributed by atoms with Crippen LogP contribution in [0.2, 0.25) is 0 Å². The summed E-state index contributed by atoms with van der Waals surface area (Å²) in [5.41, 5.74) is 16.1. The topological polar surface area (TPSA) is 92.5 Å². The second kappa shape index (κ2) is 6.04. The molecule has 6 N–H and O–H groups in total. The van der Waals surface area contributed by atoms with Gasteiger partial charge in [0.05, 0.1) is 16.8 Å². The second-order valence-corrected chi connectivity index (χ2v) is 7.49. The maximum absolute atomic E-state index is 9.92. The molecular weight excluding hydrogens is 360 g/mol.